The fraction of sp³-hybridized carbons (Fsp3) is 0.364. The summed E-state index contributed by atoms with van der Waals surface area (Å²) in [5.74, 6) is 0.0145. The average Bonchev–Trinajstić information content (AvgIpc) is 2.99. The summed E-state index contributed by atoms with van der Waals surface area (Å²) in [4.78, 5) is 2.22. The summed E-state index contributed by atoms with van der Waals surface area (Å²) >= 11 is 6.05. The van der Waals surface area contributed by atoms with Crippen LogP contribution >= 0.6 is 11.6 Å². The fourth-order valence-corrected chi connectivity index (χ4v) is 1.89. The number of nitrogens with zero attached hydrogens (tertiary/aromatic N) is 1. The van der Waals surface area contributed by atoms with E-state index in [0.29, 0.717) is 16.6 Å². The highest BCUT2D eigenvalue weighted by molar-refractivity contribution is 6.34. The van der Waals surface area contributed by atoms with Crippen molar-refractivity contribution in [1.82, 2.24) is 0 Å². The normalized spacial score (nSPS) is 15.1. The van der Waals surface area contributed by atoms with Crippen molar-refractivity contribution in [2.45, 2.75) is 18.9 Å². The van der Waals surface area contributed by atoms with Crippen LogP contribution in [0.1, 0.15) is 18.4 Å². The van der Waals surface area contributed by atoms with Crippen molar-refractivity contribution in [3.63, 3.8) is 0 Å². The third-order valence-electron chi connectivity index (χ3n) is 2.74. The van der Waals surface area contributed by atoms with Gasteiger partial charge in [-0.25, -0.2) is 0 Å². The zero-order chi connectivity index (χ0) is 11.0. The van der Waals surface area contributed by atoms with E-state index in [1.54, 1.807) is 6.07 Å². The predicted octanol–water partition coefficient (Wildman–Crippen LogP) is 2.22. The number of amidine groups is 1. The Morgan fingerprint density at radius 2 is 2.20 bits per heavy atom. The molecule has 0 radical (unpaired) electrons. The van der Waals surface area contributed by atoms with Crippen LogP contribution in [0.4, 0.5) is 5.69 Å². The maximum atomic E-state index is 7.33. The minimum Gasteiger partial charge on any atom is -0.384 e. The van der Waals surface area contributed by atoms with E-state index < -0.39 is 0 Å². The molecule has 0 bridgehead atoms. The monoisotopic (exact) mass is 223 g/mol. The summed E-state index contributed by atoms with van der Waals surface area (Å²) in [6.45, 7) is 0. The molecule has 80 valence electrons. The third kappa shape index (κ3) is 2.07. The Morgan fingerprint density at radius 1 is 1.53 bits per heavy atom. The molecule has 4 heteroatoms. The molecule has 1 aliphatic carbocycles. The van der Waals surface area contributed by atoms with Gasteiger partial charge in [0.2, 0.25) is 0 Å². The lowest BCUT2D eigenvalue weighted by atomic mass is 10.2. The smallest absolute Gasteiger partial charge is 0.124 e. The van der Waals surface area contributed by atoms with Crippen LogP contribution in [0.15, 0.2) is 18.2 Å². The zero-order valence-electron chi connectivity index (χ0n) is 8.63. The molecule has 3 nitrogen and oxygen atoms in total. The second-order valence-electron chi connectivity index (χ2n) is 3.92. The first-order valence-electron chi connectivity index (χ1n) is 4.96. The van der Waals surface area contributed by atoms with E-state index in [1.807, 2.05) is 12.1 Å². The number of hydrogen-bond acceptors (Lipinski definition) is 2. The molecule has 0 aromatic heterocycles. The number of nitrogens with one attached hydrogen (secondary N) is 1. The van der Waals surface area contributed by atoms with Gasteiger partial charge in [-0.15, -0.1) is 0 Å². The van der Waals surface area contributed by atoms with Crippen LogP contribution in [0.2, 0.25) is 5.02 Å². The first kappa shape index (κ1) is 10.3. The molecule has 2 rings (SSSR count). The molecule has 1 fully saturated rings. The van der Waals surface area contributed by atoms with Gasteiger partial charge < -0.3 is 10.6 Å². The quantitative estimate of drug-likeness (QED) is 0.610. The average molecular weight is 224 g/mol. The summed E-state index contributed by atoms with van der Waals surface area (Å²) in [6.07, 6.45) is 2.51. The lowest BCUT2D eigenvalue weighted by Gasteiger charge is -2.19. The Bertz CT molecular complexity index is 399. The number of rotatable bonds is 3. The van der Waals surface area contributed by atoms with Gasteiger partial charge in [0.15, 0.2) is 0 Å². The summed E-state index contributed by atoms with van der Waals surface area (Å²) in [5, 5.41) is 7.88. The van der Waals surface area contributed by atoms with Crippen molar-refractivity contribution >= 4 is 23.1 Å². The van der Waals surface area contributed by atoms with E-state index in [1.165, 1.54) is 12.8 Å². The van der Waals surface area contributed by atoms with Gasteiger partial charge in [0.05, 0.1) is 5.02 Å². The van der Waals surface area contributed by atoms with Crippen molar-refractivity contribution in [3.05, 3.63) is 28.8 Å². The molecule has 0 atom stereocenters. The van der Waals surface area contributed by atoms with Crippen LogP contribution in [-0.2, 0) is 0 Å². The van der Waals surface area contributed by atoms with Gasteiger partial charge in [0.25, 0.3) is 0 Å². The van der Waals surface area contributed by atoms with E-state index in [0.717, 1.165) is 5.69 Å². The number of benzene rings is 1. The van der Waals surface area contributed by atoms with E-state index in [2.05, 4.69) is 11.9 Å². The van der Waals surface area contributed by atoms with Gasteiger partial charge in [-0.1, -0.05) is 11.6 Å². The van der Waals surface area contributed by atoms with Crippen molar-refractivity contribution < 1.29 is 0 Å². The predicted molar refractivity (Wildman–Crippen MR) is 63.9 cm³/mol. The molecule has 1 saturated carbocycles. The highest BCUT2D eigenvalue weighted by atomic mass is 35.5. The molecular weight excluding hydrogens is 210 g/mol. The summed E-state index contributed by atoms with van der Waals surface area (Å²) in [5.41, 5.74) is 7.09. The van der Waals surface area contributed by atoms with Crippen molar-refractivity contribution in [1.29, 1.82) is 5.41 Å². The second kappa shape index (κ2) is 3.74. The van der Waals surface area contributed by atoms with Crippen LogP contribution in [-0.4, -0.2) is 18.9 Å². The maximum Gasteiger partial charge on any atom is 0.124 e. The Balaban J connectivity index is 2.28. The Kier molecular flexibility index (Phi) is 2.57. The standard InChI is InChI=1S/C11H14ClN3/c1-15(7-2-3-7)8-4-5-9(11(13)14)10(12)6-8/h4-7H,2-3H2,1H3,(H3,13,14). The van der Waals surface area contributed by atoms with Crippen molar-refractivity contribution in [3.8, 4) is 0 Å². The maximum absolute atomic E-state index is 7.33. The molecule has 0 amide bonds. The fourth-order valence-electron chi connectivity index (χ4n) is 1.61. The highest BCUT2D eigenvalue weighted by Gasteiger charge is 2.26. The zero-order valence-corrected chi connectivity index (χ0v) is 9.38. The number of anilines is 1. The SMILES string of the molecule is CN(c1ccc(C(=N)N)c(Cl)c1)C1CC1. The third-order valence-corrected chi connectivity index (χ3v) is 3.06. The Labute approximate surface area is 94.3 Å². The molecule has 0 unspecified atom stereocenters. The first-order valence-corrected chi connectivity index (χ1v) is 5.34. The lowest BCUT2D eigenvalue weighted by molar-refractivity contribution is 0.917. The molecule has 0 aliphatic heterocycles. The van der Waals surface area contributed by atoms with E-state index in [-0.39, 0.29) is 5.84 Å². The highest BCUT2D eigenvalue weighted by Crippen LogP contribution is 2.32. The van der Waals surface area contributed by atoms with Crippen molar-refractivity contribution in [2.24, 2.45) is 5.73 Å². The minimum atomic E-state index is 0.0145. The summed E-state index contributed by atoms with van der Waals surface area (Å²) < 4.78 is 0. The van der Waals surface area contributed by atoms with Gasteiger partial charge >= 0.3 is 0 Å². The molecule has 1 aliphatic rings. The first-order chi connectivity index (χ1) is 7.09. The lowest BCUT2D eigenvalue weighted by Crippen LogP contribution is -2.20. The minimum absolute atomic E-state index is 0.0145. The number of nitrogens with two attached hydrogens (primary N) is 1. The summed E-state index contributed by atoms with van der Waals surface area (Å²) in [6, 6.07) is 6.29. The molecule has 0 heterocycles. The van der Waals surface area contributed by atoms with Crippen LogP contribution in [0.3, 0.4) is 0 Å². The van der Waals surface area contributed by atoms with Gasteiger partial charge in [0.1, 0.15) is 5.84 Å². The van der Waals surface area contributed by atoms with Crippen LogP contribution in [0.25, 0.3) is 0 Å². The number of hydrogen-bond donors (Lipinski definition) is 2. The molecule has 1 aromatic carbocycles. The number of nitrogen functional groups attached to an aromatic ring is 1. The van der Waals surface area contributed by atoms with Gasteiger partial charge in [0, 0.05) is 24.3 Å². The molecule has 15 heavy (non-hydrogen) atoms. The van der Waals surface area contributed by atoms with Crippen LogP contribution < -0.4 is 10.6 Å². The Morgan fingerprint density at radius 3 is 2.67 bits per heavy atom. The second-order valence-corrected chi connectivity index (χ2v) is 4.33. The summed E-state index contributed by atoms with van der Waals surface area (Å²) in [7, 11) is 2.07. The largest absolute Gasteiger partial charge is 0.384 e. The van der Waals surface area contributed by atoms with E-state index in [9.17, 15) is 0 Å². The van der Waals surface area contributed by atoms with Gasteiger partial charge in [-0.3, -0.25) is 5.41 Å². The molecule has 1 aromatic rings. The van der Waals surface area contributed by atoms with Gasteiger partial charge in [-0.05, 0) is 31.0 Å². The van der Waals surface area contributed by atoms with Crippen LogP contribution in [0, 0.1) is 5.41 Å². The Hall–Kier alpha value is -1.22. The van der Waals surface area contributed by atoms with Crippen molar-refractivity contribution in [2.75, 3.05) is 11.9 Å². The van der Waals surface area contributed by atoms with Crippen LogP contribution in [0.5, 0.6) is 0 Å². The van der Waals surface area contributed by atoms with Gasteiger partial charge in [-0.2, -0.15) is 0 Å². The molecule has 0 spiro atoms. The van der Waals surface area contributed by atoms with E-state index in [4.69, 9.17) is 22.7 Å². The molecule has 3 N–H and O–H groups in total. The molecule has 0 saturated heterocycles. The number of halogens is 1. The molecular formula is C11H14ClN3. The topological polar surface area (TPSA) is 53.1 Å². The van der Waals surface area contributed by atoms with E-state index >= 15 is 0 Å².